The van der Waals surface area contributed by atoms with Gasteiger partial charge < -0.3 is 35.4 Å². The first-order valence-corrected chi connectivity index (χ1v) is 15.7. The van der Waals surface area contributed by atoms with Gasteiger partial charge in [0.25, 0.3) is 0 Å². The van der Waals surface area contributed by atoms with Crippen molar-refractivity contribution in [3.63, 3.8) is 0 Å². The summed E-state index contributed by atoms with van der Waals surface area (Å²) in [7, 11) is 3.14. The lowest BCUT2D eigenvalue weighted by atomic mass is 10.0. The number of nitrogens with zero attached hydrogens (tertiary/aromatic N) is 1. The van der Waals surface area contributed by atoms with Crippen LogP contribution >= 0.6 is 7.82 Å². The second-order valence-corrected chi connectivity index (χ2v) is 12.6. The number of anilines is 4. The summed E-state index contributed by atoms with van der Waals surface area (Å²) in [5.41, 5.74) is 4.46. The first-order valence-electron chi connectivity index (χ1n) is 14.2. The Bertz CT molecular complexity index is 1510. The summed E-state index contributed by atoms with van der Waals surface area (Å²) in [5.74, 6) is -0.834. The molecule has 0 bridgehead atoms. The number of nitrogens with one attached hydrogen (secondary N) is 4. The highest BCUT2D eigenvalue weighted by molar-refractivity contribution is 7.47. The van der Waals surface area contributed by atoms with E-state index in [1.807, 2.05) is 57.5 Å². The Morgan fingerprint density at radius 2 is 1.29 bits per heavy atom. The summed E-state index contributed by atoms with van der Waals surface area (Å²) in [6, 6.07) is 19.1. The van der Waals surface area contributed by atoms with Gasteiger partial charge in [-0.05, 0) is 60.0 Å². The number of phosphoric acid groups is 1. The van der Waals surface area contributed by atoms with Gasteiger partial charge in [-0.15, -0.1) is 0 Å². The number of likely N-dealkylation sites (N-methyl/N-ethyl adjacent to an activating group) is 1. The number of hydrogen-bond acceptors (Lipinski definition) is 8. The van der Waals surface area contributed by atoms with E-state index in [9.17, 15) is 23.8 Å². The number of amides is 3. The van der Waals surface area contributed by atoms with Gasteiger partial charge in [-0.1, -0.05) is 24.3 Å². The van der Waals surface area contributed by atoms with E-state index in [1.165, 1.54) is 13.0 Å². The average Bonchev–Trinajstić information content (AvgIpc) is 2.96. The highest BCUT2D eigenvalue weighted by Gasteiger charge is 2.22. The van der Waals surface area contributed by atoms with E-state index in [-0.39, 0.29) is 31.3 Å². The zero-order valence-electron chi connectivity index (χ0n) is 26.1. The van der Waals surface area contributed by atoms with Crippen molar-refractivity contribution in [3.8, 4) is 0 Å². The predicted octanol–water partition coefficient (Wildman–Crippen LogP) is 4.92. The molecular formula is C31H41N5O8P+. The fourth-order valence-corrected chi connectivity index (χ4v) is 4.64. The number of phosphoric ester groups is 1. The van der Waals surface area contributed by atoms with Crippen molar-refractivity contribution in [2.24, 2.45) is 0 Å². The number of esters is 1. The van der Waals surface area contributed by atoms with Crippen LogP contribution in [0.2, 0.25) is 0 Å². The Hall–Kier alpha value is -4.26. The quantitative estimate of drug-likeness (QED) is 0.0670. The highest BCUT2D eigenvalue weighted by atomic mass is 31.2. The van der Waals surface area contributed by atoms with Gasteiger partial charge in [0.1, 0.15) is 19.8 Å². The molecular weight excluding hydrogens is 601 g/mol. The molecule has 3 aromatic carbocycles. The fourth-order valence-electron chi connectivity index (χ4n) is 3.94. The first-order chi connectivity index (χ1) is 21.2. The molecule has 5 N–H and O–H groups in total. The Morgan fingerprint density at radius 1 is 0.756 bits per heavy atom. The number of ether oxygens (including phenoxy) is 1. The Balaban J connectivity index is 1.50. The highest BCUT2D eigenvalue weighted by Crippen LogP contribution is 2.42. The molecule has 3 amide bonds. The van der Waals surface area contributed by atoms with Crippen LogP contribution in [0.3, 0.4) is 0 Å². The van der Waals surface area contributed by atoms with Gasteiger partial charge in [0, 0.05) is 36.7 Å². The van der Waals surface area contributed by atoms with Gasteiger partial charge in [0.15, 0.2) is 0 Å². The molecule has 0 aliphatic carbocycles. The van der Waals surface area contributed by atoms with E-state index < -0.39 is 19.8 Å². The Labute approximate surface area is 263 Å². The molecule has 0 saturated carbocycles. The van der Waals surface area contributed by atoms with E-state index in [1.54, 1.807) is 31.3 Å². The minimum atomic E-state index is -4.28. The molecule has 45 heavy (non-hydrogen) atoms. The van der Waals surface area contributed by atoms with Crippen LogP contribution in [0.15, 0.2) is 66.7 Å². The van der Waals surface area contributed by atoms with Crippen molar-refractivity contribution in [1.82, 2.24) is 0 Å². The molecule has 1 atom stereocenters. The Kier molecular flexibility index (Phi) is 12.7. The van der Waals surface area contributed by atoms with Crippen LogP contribution in [0.5, 0.6) is 0 Å². The minimum absolute atomic E-state index is 0.0282. The molecule has 242 valence electrons. The van der Waals surface area contributed by atoms with Crippen molar-refractivity contribution < 1.29 is 42.1 Å². The van der Waals surface area contributed by atoms with Gasteiger partial charge in [0.05, 0.1) is 33.3 Å². The lowest BCUT2D eigenvalue weighted by Crippen LogP contribution is -2.37. The molecule has 0 saturated heterocycles. The monoisotopic (exact) mass is 642 g/mol. The van der Waals surface area contributed by atoms with Crippen LogP contribution in [-0.4, -0.2) is 81.8 Å². The molecule has 0 fully saturated rings. The summed E-state index contributed by atoms with van der Waals surface area (Å²) in [4.78, 5) is 46.4. The molecule has 0 spiro atoms. The van der Waals surface area contributed by atoms with Gasteiger partial charge >= 0.3 is 19.8 Å². The van der Waals surface area contributed by atoms with Gasteiger partial charge in [-0.25, -0.2) is 14.2 Å². The van der Waals surface area contributed by atoms with E-state index in [4.69, 9.17) is 13.8 Å². The average molecular weight is 643 g/mol. The maximum atomic E-state index is 12.7. The maximum absolute atomic E-state index is 12.7. The van der Waals surface area contributed by atoms with Crippen molar-refractivity contribution in [2.75, 3.05) is 75.8 Å². The lowest BCUT2D eigenvalue weighted by molar-refractivity contribution is -0.870. The molecule has 3 rings (SSSR count). The van der Waals surface area contributed by atoms with E-state index in [0.717, 1.165) is 16.8 Å². The smallest absolute Gasteiger partial charge is 0.460 e. The number of carbonyl (C=O) groups excluding carboxylic acids is 3. The third-order valence-corrected chi connectivity index (χ3v) is 7.21. The second kappa shape index (κ2) is 16.2. The minimum Gasteiger partial charge on any atom is -0.460 e. The summed E-state index contributed by atoms with van der Waals surface area (Å²) >= 11 is 0. The van der Waals surface area contributed by atoms with Gasteiger partial charge in [-0.3, -0.25) is 13.8 Å². The molecule has 3 aromatic rings. The van der Waals surface area contributed by atoms with Crippen LogP contribution in [-0.2, 0) is 29.6 Å². The van der Waals surface area contributed by atoms with E-state index >= 15 is 0 Å². The molecule has 0 heterocycles. The molecule has 1 unspecified atom stereocenters. The zero-order valence-corrected chi connectivity index (χ0v) is 27.0. The summed E-state index contributed by atoms with van der Waals surface area (Å²) in [6.45, 7) is 1.37. The van der Waals surface area contributed by atoms with Crippen LogP contribution in [0.1, 0.15) is 28.4 Å². The number of quaternary nitrogens is 1. The maximum Gasteiger partial charge on any atom is 0.472 e. The van der Waals surface area contributed by atoms with Crippen molar-refractivity contribution in [2.45, 2.75) is 13.3 Å². The largest absolute Gasteiger partial charge is 0.472 e. The summed E-state index contributed by atoms with van der Waals surface area (Å²) in [6.07, 6.45) is 0.679. The summed E-state index contributed by atoms with van der Waals surface area (Å²) in [5, 5.41) is 11.1. The number of carbonyl (C=O) groups is 3. The molecule has 0 radical (unpaired) electrons. The molecule has 0 aromatic heterocycles. The fraction of sp³-hybridized carbons (Fsp3) is 0.323. The molecule has 13 nitrogen and oxygen atoms in total. The number of hydrogen-bond donors (Lipinski definition) is 5. The topological polar surface area (TPSA) is 164 Å². The normalized spacial score (nSPS) is 12.5. The van der Waals surface area contributed by atoms with Crippen molar-refractivity contribution in [3.05, 3.63) is 83.4 Å². The van der Waals surface area contributed by atoms with E-state index in [2.05, 4.69) is 21.3 Å². The molecule has 0 aliphatic heterocycles. The van der Waals surface area contributed by atoms with Crippen molar-refractivity contribution in [1.29, 1.82) is 0 Å². The number of urea groups is 1. The third-order valence-electron chi connectivity index (χ3n) is 6.20. The van der Waals surface area contributed by atoms with Gasteiger partial charge in [0.2, 0.25) is 5.91 Å². The molecule has 14 heteroatoms. The van der Waals surface area contributed by atoms with Crippen molar-refractivity contribution >= 4 is 48.5 Å². The predicted molar refractivity (Wildman–Crippen MR) is 174 cm³/mol. The van der Waals surface area contributed by atoms with Crippen LogP contribution in [0.25, 0.3) is 0 Å². The van der Waals surface area contributed by atoms with Crippen LogP contribution < -0.4 is 21.3 Å². The lowest BCUT2D eigenvalue weighted by Gasteiger charge is -2.24. The number of benzene rings is 3. The number of rotatable bonds is 15. The van der Waals surface area contributed by atoms with Crippen LogP contribution in [0, 0.1) is 0 Å². The Morgan fingerprint density at radius 3 is 1.84 bits per heavy atom. The SMILES string of the molecule is CNc1cc(NC(=O)Nc2ccc(Cc3ccc(NC(C)=O)cc3)cc2)cc(C(=O)OCCOP(=O)(O)OCC[N+](C)(C)C)c1. The van der Waals surface area contributed by atoms with E-state index in [0.29, 0.717) is 34.5 Å². The summed E-state index contributed by atoms with van der Waals surface area (Å²) < 4.78 is 27.5. The zero-order chi connectivity index (χ0) is 33.0. The first kappa shape index (κ1) is 35.2. The van der Waals surface area contributed by atoms with Crippen LogP contribution in [0.4, 0.5) is 27.5 Å². The third kappa shape index (κ3) is 13.1. The standard InChI is InChI=1S/C31H40N5O8P/c1-22(37)33-26-10-6-23(7-11-26)18-24-8-12-27(13-9-24)34-31(39)35-29-20-25(19-28(21-29)32-2)30(38)42-16-17-44-45(40,41)43-15-14-36(3,4)5/h6-13,19-21,32H,14-18H2,1-5H3,(H3-,33,34,35,37,39,40,41)/p+1. The second-order valence-electron chi connectivity index (χ2n) is 11.2. The molecule has 0 aliphatic rings. The van der Waals surface area contributed by atoms with Gasteiger partial charge in [-0.2, -0.15) is 0 Å².